The minimum atomic E-state index is 0.0285. The van der Waals surface area contributed by atoms with Crippen molar-refractivity contribution in [3.8, 4) is 0 Å². The van der Waals surface area contributed by atoms with Crippen LogP contribution in [0.1, 0.15) is 29.3 Å². The van der Waals surface area contributed by atoms with Crippen LogP contribution in [0.5, 0.6) is 0 Å². The second-order valence-electron chi connectivity index (χ2n) is 4.67. The number of carbonyl (C=O) groups is 1. The topological polar surface area (TPSA) is 55.6 Å². The summed E-state index contributed by atoms with van der Waals surface area (Å²) in [4.78, 5) is 14.5. The number of nitrogens with zero attached hydrogens (tertiary/aromatic N) is 1. The molecular weight excluding hydrogens is 228 g/mol. The summed E-state index contributed by atoms with van der Waals surface area (Å²) in [5.41, 5.74) is 8.06. The first-order chi connectivity index (χ1) is 8.65. The van der Waals surface area contributed by atoms with E-state index in [1.165, 1.54) is 0 Å². The van der Waals surface area contributed by atoms with Gasteiger partial charge in [-0.3, -0.25) is 4.79 Å². The Bertz CT molecular complexity index is 425. The van der Waals surface area contributed by atoms with E-state index >= 15 is 0 Å². The Balaban J connectivity index is 2.30. The predicted octanol–water partition coefficient (Wildman–Crippen LogP) is 1.83. The van der Waals surface area contributed by atoms with Crippen LogP contribution in [0.2, 0.25) is 0 Å². The zero-order chi connectivity index (χ0) is 13.1. The number of aryl methyl sites for hydroxylation is 1. The summed E-state index contributed by atoms with van der Waals surface area (Å²) in [5, 5.41) is 0. The number of rotatable bonds is 2. The van der Waals surface area contributed by atoms with Crippen LogP contribution in [0, 0.1) is 6.92 Å². The SMILES string of the molecule is CCC1COCCN1C(=O)c1c(C)cccc1N. The zero-order valence-electron chi connectivity index (χ0n) is 11.0. The number of benzene rings is 1. The quantitative estimate of drug-likeness (QED) is 0.812. The van der Waals surface area contributed by atoms with E-state index in [2.05, 4.69) is 6.92 Å². The molecule has 2 rings (SSSR count). The van der Waals surface area contributed by atoms with Crippen molar-refractivity contribution >= 4 is 11.6 Å². The number of nitrogens with two attached hydrogens (primary N) is 1. The number of hydrogen-bond acceptors (Lipinski definition) is 3. The van der Waals surface area contributed by atoms with E-state index in [-0.39, 0.29) is 11.9 Å². The average molecular weight is 248 g/mol. The molecule has 0 aliphatic carbocycles. The standard InChI is InChI=1S/C14H20N2O2/c1-3-11-9-18-8-7-16(11)14(17)13-10(2)5-4-6-12(13)15/h4-6,11H,3,7-9,15H2,1-2H3. The van der Waals surface area contributed by atoms with Crippen LogP contribution in [-0.2, 0) is 4.74 Å². The highest BCUT2D eigenvalue weighted by Gasteiger charge is 2.28. The minimum absolute atomic E-state index is 0.0285. The monoisotopic (exact) mass is 248 g/mol. The normalized spacial score (nSPS) is 19.9. The van der Waals surface area contributed by atoms with E-state index in [0.717, 1.165) is 12.0 Å². The van der Waals surface area contributed by atoms with Crippen molar-refractivity contribution in [3.63, 3.8) is 0 Å². The first kappa shape index (κ1) is 12.9. The molecule has 0 saturated carbocycles. The molecule has 1 fully saturated rings. The maximum absolute atomic E-state index is 12.6. The number of carbonyl (C=O) groups excluding carboxylic acids is 1. The van der Waals surface area contributed by atoms with Crippen LogP contribution < -0.4 is 5.73 Å². The van der Waals surface area contributed by atoms with Crippen LogP contribution in [0.15, 0.2) is 18.2 Å². The number of ether oxygens (including phenoxy) is 1. The summed E-state index contributed by atoms with van der Waals surface area (Å²) >= 11 is 0. The van der Waals surface area contributed by atoms with E-state index in [1.807, 2.05) is 24.0 Å². The smallest absolute Gasteiger partial charge is 0.256 e. The second kappa shape index (κ2) is 5.40. The Morgan fingerprint density at radius 3 is 3.00 bits per heavy atom. The first-order valence-corrected chi connectivity index (χ1v) is 6.39. The van der Waals surface area contributed by atoms with Gasteiger partial charge in [0, 0.05) is 12.2 Å². The largest absolute Gasteiger partial charge is 0.398 e. The third-order valence-corrected chi connectivity index (χ3v) is 3.48. The van der Waals surface area contributed by atoms with Gasteiger partial charge in [-0.05, 0) is 25.0 Å². The molecule has 0 spiro atoms. The van der Waals surface area contributed by atoms with Crippen molar-refractivity contribution in [2.24, 2.45) is 0 Å². The molecule has 4 nitrogen and oxygen atoms in total. The molecule has 18 heavy (non-hydrogen) atoms. The lowest BCUT2D eigenvalue weighted by atomic mass is 10.0. The summed E-state index contributed by atoms with van der Waals surface area (Å²) in [7, 11) is 0. The van der Waals surface area contributed by atoms with Gasteiger partial charge >= 0.3 is 0 Å². The lowest BCUT2D eigenvalue weighted by molar-refractivity contribution is -0.00278. The van der Waals surface area contributed by atoms with E-state index in [9.17, 15) is 4.79 Å². The molecule has 1 atom stereocenters. The minimum Gasteiger partial charge on any atom is -0.398 e. The van der Waals surface area contributed by atoms with Crippen LogP contribution in [0.4, 0.5) is 5.69 Å². The number of nitrogen functional groups attached to an aromatic ring is 1. The van der Waals surface area contributed by atoms with Crippen LogP contribution in [0.3, 0.4) is 0 Å². The van der Waals surface area contributed by atoms with E-state index in [1.54, 1.807) is 6.07 Å². The van der Waals surface area contributed by atoms with Gasteiger partial charge in [0.05, 0.1) is 24.8 Å². The third-order valence-electron chi connectivity index (χ3n) is 3.48. The van der Waals surface area contributed by atoms with Gasteiger partial charge in [0.25, 0.3) is 5.91 Å². The highest BCUT2D eigenvalue weighted by atomic mass is 16.5. The molecule has 1 saturated heterocycles. The summed E-state index contributed by atoms with van der Waals surface area (Å²) in [6.45, 7) is 5.86. The Kier molecular flexibility index (Phi) is 3.87. The van der Waals surface area contributed by atoms with Crippen LogP contribution in [-0.4, -0.2) is 36.6 Å². The van der Waals surface area contributed by atoms with E-state index in [0.29, 0.717) is 31.0 Å². The van der Waals surface area contributed by atoms with Gasteiger partial charge in [0.15, 0.2) is 0 Å². The first-order valence-electron chi connectivity index (χ1n) is 6.39. The molecule has 1 heterocycles. The fourth-order valence-electron chi connectivity index (χ4n) is 2.39. The van der Waals surface area contributed by atoms with E-state index < -0.39 is 0 Å². The molecule has 98 valence electrons. The van der Waals surface area contributed by atoms with Crippen molar-refractivity contribution in [1.29, 1.82) is 0 Å². The van der Waals surface area contributed by atoms with Crippen molar-refractivity contribution in [1.82, 2.24) is 4.90 Å². The molecule has 0 bridgehead atoms. The van der Waals surface area contributed by atoms with Gasteiger partial charge in [-0.2, -0.15) is 0 Å². The molecular formula is C14H20N2O2. The number of amides is 1. The average Bonchev–Trinajstić information content (AvgIpc) is 2.38. The maximum Gasteiger partial charge on any atom is 0.256 e. The Morgan fingerprint density at radius 1 is 1.56 bits per heavy atom. The number of hydrogen-bond donors (Lipinski definition) is 1. The number of morpholine rings is 1. The predicted molar refractivity (Wildman–Crippen MR) is 71.5 cm³/mol. The van der Waals surface area contributed by atoms with Crippen molar-refractivity contribution in [3.05, 3.63) is 29.3 Å². The molecule has 4 heteroatoms. The van der Waals surface area contributed by atoms with Crippen LogP contribution >= 0.6 is 0 Å². The Labute approximate surface area is 108 Å². The lowest BCUT2D eigenvalue weighted by Crippen LogP contribution is -2.48. The van der Waals surface area contributed by atoms with Crippen molar-refractivity contribution in [2.75, 3.05) is 25.5 Å². The second-order valence-corrected chi connectivity index (χ2v) is 4.67. The fourth-order valence-corrected chi connectivity index (χ4v) is 2.39. The van der Waals surface area contributed by atoms with Crippen molar-refractivity contribution in [2.45, 2.75) is 26.3 Å². The molecule has 0 radical (unpaired) electrons. The molecule has 1 aromatic carbocycles. The van der Waals surface area contributed by atoms with Crippen LogP contribution in [0.25, 0.3) is 0 Å². The summed E-state index contributed by atoms with van der Waals surface area (Å²) in [6, 6.07) is 5.73. The highest BCUT2D eigenvalue weighted by Crippen LogP contribution is 2.21. The molecule has 1 unspecified atom stereocenters. The molecule has 1 aliphatic heterocycles. The summed E-state index contributed by atoms with van der Waals surface area (Å²) in [5.74, 6) is 0.0285. The molecule has 2 N–H and O–H groups in total. The lowest BCUT2D eigenvalue weighted by Gasteiger charge is -2.35. The van der Waals surface area contributed by atoms with Gasteiger partial charge in [0.2, 0.25) is 0 Å². The maximum atomic E-state index is 12.6. The van der Waals surface area contributed by atoms with Gasteiger partial charge in [-0.1, -0.05) is 19.1 Å². The zero-order valence-corrected chi connectivity index (χ0v) is 11.0. The fraction of sp³-hybridized carbons (Fsp3) is 0.500. The Hall–Kier alpha value is -1.55. The Morgan fingerprint density at radius 2 is 2.33 bits per heavy atom. The van der Waals surface area contributed by atoms with Crippen molar-refractivity contribution < 1.29 is 9.53 Å². The molecule has 1 aromatic rings. The number of anilines is 1. The summed E-state index contributed by atoms with van der Waals surface area (Å²) in [6.07, 6.45) is 0.900. The third kappa shape index (κ3) is 2.34. The summed E-state index contributed by atoms with van der Waals surface area (Å²) < 4.78 is 5.42. The molecule has 1 amide bonds. The molecule has 0 aromatic heterocycles. The highest BCUT2D eigenvalue weighted by molar-refractivity contribution is 6.00. The molecule has 1 aliphatic rings. The van der Waals surface area contributed by atoms with Gasteiger partial charge in [-0.15, -0.1) is 0 Å². The van der Waals surface area contributed by atoms with Gasteiger partial charge < -0.3 is 15.4 Å². The van der Waals surface area contributed by atoms with E-state index in [4.69, 9.17) is 10.5 Å². The van der Waals surface area contributed by atoms with Gasteiger partial charge in [0.1, 0.15) is 0 Å². The van der Waals surface area contributed by atoms with Gasteiger partial charge in [-0.25, -0.2) is 0 Å².